The average Bonchev–Trinajstić information content (AvgIpc) is 2.67. The summed E-state index contributed by atoms with van der Waals surface area (Å²) in [5.41, 5.74) is 5.50. The van der Waals surface area contributed by atoms with E-state index in [2.05, 4.69) is 0 Å². The van der Waals surface area contributed by atoms with Crippen LogP contribution in [0.4, 0.5) is 0 Å². The van der Waals surface area contributed by atoms with E-state index in [1.54, 1.807) is 0 Å². The molecule has 4 heteroatoms. The van der Waals surface area contributed by atoms with Gasteiger partial charge < -0.3 is 15.4 Å². The molecule has 1 aliphatic heterocycles. The van der Waals surface area contributed by atoms with Crippen LogP contribution in [0.1, 0.15) is 26.2 Å². The molecule has 0 aliphatic carbocycles. The average molecular weight is 214 g/mol. The summed E-state index contributed by atoms with van der Waals surface area (Å²) in [5, 5.41) is 0. The fourth-order valence-electron chi connectivity index (χ4n) is 1.99. The van der Waals surface area contributed by atoms with Crippen LogP contribution in [0.3, 0.4) is 0 Å². The Morgan fingerprint density at radius 2 is 2.40 bits per heavy atom. The first kappa shape index (κ1) is 12.5. The molecule has 0 spiro atoms. The van der Waals surface area contributed by atoms with Crippen molar-refractivity contribution in [3.8, 4) is 0 Å². The number of likely N-dealkylation sites (tertiary alicyclic amines) is 1. The van der Waals surface area contributed by atoms with Gasteiger partial charge in [-0.15, -0.1) is 0 Å². The fourth-order valence-corrected chi connectivity index (χ4v) is 1.99. The van der Waals surface area contributed by atoms with Gasteiger partial charge in [0.25, 0.3) is 0 Å². The van der Waals surface area contributed by atoms with Crippen molar-refractivity contribution in [1.82, 2.24) is 4.90 Å². The van der Waals surface area contributed by atoms with Crippen molar-refractivity contribution in [2.24, 2.45) is 11.7 Å². The lowest BCUT2D eigenvalue weighted by molar-refractivity contribution is -0.131. The summed E-state index contributed by atoms with van der Waals surface area (Å²) in [6, 6.07) is 0. The SMILES string of the molecule is CCOCCC(=O)N1CCC(CCN)C1. The number of amides is 1. The lowest BCUT2D eigenvalue weighted by Crippen LogP contribution is -2.29. The number of carbonyl (C=O) groups is 1. The molecule has 4 nitrogen and oxygen atoms in total. The lowest BCUT2D eigenvalue weighted by atomic mass is 10.1. The molecule has 1 atom stereocenters. The van der Waals surface area contributed by atoms with Crippen LogP contribution in [-0.2, 0) is 9.53 Å². The van der Waals surface area contributed by atoms with E-state index < -0.39 is 0 Å². The van der Waals surface area contributed by atoms with E-state index in [4.69, 9.17) is 10.5 Å². The highest BCUT2D eigenvalue weighted by Crippen LogP contribution is 2.19. The molecule has 0 aromatic carbocycles. The van der Waals surface area contributed by atoms with E-state index >= 15 is 0 Å². The second-order valence-electron chi connectivity index (χ2n) is 4.02. The van der Waals surface area contributed by atoms with Crippen LogP contribution in [0.25, 0.3) is 0 Å². The number of nitrogens with zero attached hydrogens (tertiary/aromatic N) is 1. The maximum absolute atomic E-state index is 11.7. The highest BCUT2D eigenvalue weighted by atomic mass is 16.5. The minimum Gasteiger partial charge on any atom is -0.381 e. The third-order valence-electron chi connectivity index (χ3n) is 2.88. The topological polar surface area (TPSA) is 55.6 Å². The fraction of sp³-hybridized carbons (Fsp3) is 0.909. The van der Waals surface area contributed by atoms with Crippen molar-refractivity contribution in [3.05, 3.63) is 0 Å². The summed E-state index contributed by atoms with van der Waals surface area (Å²) < 4.78 is 5.17. The van der Waals surface area contributed by atoms with Crippen molar-refractivity contribution in [1.29, 1.82) is 0 Å². The van der Waals surface area contributed by atoms with Crippen molar-refractivity contribution < 1.29 is 9.53 Å². The van der Waals surface area contributed by atoms with Gasteiger partial charge in [-0.3, -0.25) is 4.79 Å². The Labute approximate surface area is 91.8 Å². The molecule has 1 rings (SSSR count). The summed E-state index contributed by atoms with van der Waals surface area (Å²) in [4.78, 5) is 13.6. The maximum Gasteiger partial charge on any atom is 0.224 e. The quantitative estimate of drug-likeness (QED) is 0.659. The van der Waals surface area contributed by atoms with Gasteiger partial charge in [0.15, 0.2) is 0 Å². The number of carbonyl (C=O) groups excluding carboxylic acids is 1. The molecule has 0 radical (unpaired) electrons. The van der Waals surface area contributed by atoms with E-state index in [9.17, 15) is 4.79 Å². The molecule has 1 aliphatic rings. The zero-order valence-corrected chi connectivity index (χ0v) is 9.58. The molecule has 0 bridgehead atoms. The zero-order valence-electron chi connectivity index (χ0n) is 9.58. The van der Waals surface area contributed by atoms with E-state index in [-0.39, 0.29) is 5.91 Å². The molecule has 1 heterocycles. The molecular formula is C11H22N2O2. The van der Waals surface area contributed by atoms with Crippen molar-refractivity contribution >= 4 is 5.91 Å². The third kappa shape index (κ3) is 4.18. The molecule has 15 heavy (non-hydrogen) atoms. The van der Waals surface area contributed by atoms with Crippen LogP contribution < -0.4 is 5.73 Å². The van der Waals surface area contributed by atoms with Crippen LogP contribution in [0, 0.1) is 5.92 Å². The van der Waals surface area contributed by atoms with Gasteiger partial charge in [-0.25, -0.2) is 0 Å². The van der Waals surface area contributed by atoms with Crippen molar-refractivity contribution in [2.75, 3.05) is 32.8 Å². The Morgan fingerprint density at radius 1 is 1.60 bits per heavy atom. The molecule has 0 saturated carbocycles. The highest BCUT2D eigenvalue weighted by molar-refractivity contribution is 5.76. The van der Waals surface area contributed by atoms with E-state index in [0.29, 0.717) is 25.6 Å². The zero-order chi connectivity index (χ0) is 11.1. The normalized spacial score (nSPS) is 20.9. The van der Waals surface area contributed by atoms with Crippen LogP contribution in [0.5, 0.6) is 0 Å². The molecule has 1 amide bonds. The van der Waals surface area contributed by atoms with E-state index in [1.165, 1.54) is 0 Å². The van der Waals surface area contributed by atoms with E-state index in [1.807, 2.05) is 11.8 Å². The standard InChI is InChI=1S/C11H22N2O2/c1-2-15-8-5-11(14)13-7-4-10(9-13)3-6-12/h10H,2-9,12H2,1H3. The van der Waals surface area contributed by atoms with Gasteiger partial charge in [0.05, 0.1) is 13.0 Å². The first-order chi connectivity index (χ1) is 7.27. The molecule has 1 saturated heterocycles. The van der Waals surface area contributed by atoms with Crippen LogP contribution in [-0.4, -0.2) is 43.7 Å². The Hall–Kier alpha value is -0.610. The van der Waals surface area contributed by atoms with Gasteiger partial charge >= 0.3 is 0 Å². The Morgan fingerprint density at radius 3 is 3.07 bits per heavy atom. The third-order valence-corrected chi connectivity index (χ3v) is 2.88. The van der Waals surface area contributed by atoms with E-state index in [0.717, 1.165) is 32.5 Å². The summed E-state index contributed by atoms with van der Waals surface area (Å²) in [5.74, 6) is 0.842. The minimum absolute atomic E-state index is 0.225. The van der Waals surface area contributed by atoms with Gasteiger partial charge in [0, 0.05) is 19.7 Å². The first-order valence-electron chi connectivity index (χ1n) is 5.83. The molecular weight excluding hydrogens is 192 g/mol. The molecule has 1 unspecified atom stereocenters. The van der Waals surface area contributed by atoms with Gasteiger partial charge in [0.1, 0.15) is 0 Å². The van der Waals surface area contributed by atoms with Crippen molar-refractivity contribution in [2.45, 2.75) is 26.2 Å². The molecule has 2 N–H and O–H groups in total. The molecule has 0 aromatic heterocycles. The maximum atomic E-state index is 11.7. The first-order valence-corrected chi connectivity index (χ1v) is 5.83. The van der Waals surface area contributed by atoms with Gasteiger partial charge in [-0.05, 0) is 32.2 Å². The molecule has 0 aromatic rings. The second kappa shape index (κ2) is 6.80. The monoisotopic (exact) mass is 214 g/mol. The predicted octanol–water partition coefficient (Wildman–Crippen LogP) is 0.610. The van der Waals surface area contributed by atoms with Crippen LogP contribution >= 0.6 is 0 Å². The number of nitrogens with two attached hydrogens (primary N) is 1. The Kier molecular flexibility index (Phi) is 5.65. The largest absolute Gasteiger partial charge is 0.381 e. The summed E-state index contributed by atoms with van der Waals surface area (Å²) in [6.07, 6.45) is 2.66. The number of ether oxygens (including phenoxy) is 1. The predicted molar refractivity (Wildman–Crippen MR) is 59.5 cm³/mol. The number of rotatable bonds is 6. The Balaban J connectivity index is 2.18. The van der Waals surface area contributed by atoms with Crippen LogP contribution in [0.15, 0.2) is 0 Å². The summed E-state index contributed by atoms with van der Waals surface area (Å²) in [6.45, 7) is 5.69. The lowest BCUT2D eigenvalue weighted by Gasteiger charge is -2.16. The molecule has 88 valence electrons. The van der Waals surface area contributed by atoms with Gasteiger partial charge in [0.2, 0.25) is 5.91 Å². The van der Waals surface area contributed by atoms with Crippen molar-refractivity contribution in [3.63, 3.8) is 0 Å². The van der Waals surface area contributed by atoms with Gasteiger partial charge in [-0.1, -0.05) is 0 Å². The highest BCUT2D eigenvalue weighted by Gasteiger charge is 2.24. The Bertz CT molecular complexity index is 197. The number of hydrogen-bond donors (Lipinski definition) is 1. The number of hydrogen-bond acceptors (Lipinski definition) is 3. The van der Waals surface area contributed by atoms with Crippen LogP contribution in [0.2, 0.25) is 0 Å². The van der Waals surface area contributed by atoms with Gasteiger partial charge in [-0.2, -0.15) is 0 Å². The summed E-state index contributed by atoms with van der Waals surface area (Å²) in [7, 11) is 0. The second-order valence-corrected chi connectivity index (χ2v) is 4.02. The smallest absolute Gasteiger partial charge is 0.224 e. The summed E-state index contributed by atoms with van der Waals surface area (Å²) >= 11 is 0. The minimum atomic E-state index is 0.225. The molecule has 1 fully saturated rings.